The second kappa shape index (κ2) is 7.44. The Kier molecular flexibility index (Phi) is 5.32. The number of nitrogens with zero attached hydrogens (tertiary/aromatic N) is 3. The molecule has 0 spiro atoms. The van der Waals surface area contributed by atoms with Crippen molar-refractivity contribution in [1.82, 2.24) is 14.5 Å². The van der Waals surface area contributed by atoms with E-state index in [4.69, 9.17) is 16.3 Å². The molecule has 0 fully saturated rings. The SMILES string of the molecule is CN(C(=O)OC(=O)c1c(-c2ccc(F)cc2)nn2cc(F)c(Cl)cc12)C(C)(C)C. The first kappa shape index (κ1) is 20.7. The Morgan fingerprint density at radius 3 is 2.38 bits per heavy atom. The van der Waals surface area contributed by atoms with E-state index in [1.54, 1.807) is 20.8 Å². The third-order valence-corrected chi connectivity index (χ3v) is 4.75. The van der Waals surface area contributed by atoms with Gasteiger partial charge in [0.1, 0.15) is 17.1 Å². The molecule has 0 saturated heterocycles. The maximum Gasteiger partial charge on any atom is 0.417 e. The summed E-state index contributed by atoms with van der Waals surface area (Å²) in [7, 11) is 1.50. The molecule has 0 bridgehead atoms. The van der Waals surface area contributed by atoms with E-state index in [0.717, 1.165) is 10.7 Å². The number of hydrogen-bond acceptors (Lipinski definition) is 4. The van der Waals surface area contributed by atoms with Crippen molar-refractivity contribution >= 4 is 29.2 Å². The molecular formula is C20H18ClF2N3O3. The van der Waals surface area contributed by atoms with Crippen LogP contribution in [-0.4, -0.2) is 39.2 Å². The van der Waals surface area contributed by atoms with E-state index in [1.165, 1.54) is 42.3 Å². The summed E-state index contributed by atoms with van der Waals surface area (Å²) in [6, 6.07) is 6.43. The van der Waals surface area contributed by atoms with E-state index < -0.39 is 29.2 Å². The lowest BCUT2D eigenvalue weighted by molar-refractivity contribution is 0.0494. The summed E-state index contributed by atoms with van der Waals surface area (Å²) in [4.78, 5) is 26.5. The minimum absolute atomic E-state index is 0.0887. The molecule has 3 rings (SSSR count). The second-order valence-corrected chi connectivity index (χ2v) is 7.82. The first-order chi connectivity index (χ1) is 13.5. The van der Waals surface area contributed by atoms with Gasteiger partial charge in [0, 0.05) is 18.2 Å². The maximum atomic E-state index is 13.9. The van der Waals surface area contributed by atoms with Gasteiger partial charge in [-0.2, -0.15) is 5.10 Å². The number of esters is 1. The van der Waals surface area contributed by atoms with Crippen molar-refractivity contribution in [3.63, 3.8) is 0 Å². The van der Waals surface area contributed by atoms with Crippen molar-refractivity contribution in [1.29, 1.82) is 0 Å². The number of carbonyl (C=O) groups is 2. The number of aromatic nitrogens is 2. The van der Waals surface area contributed by atoms with Crippen LogP contribution in [0.15, 0.2) is 36.5 Å². The highest BCUT2D eigenvalue weighted by molar-refractivity contribution is 6.31. The molecule has 0 aliphatic heterocycles. The molecule has 0 N–H and O–H groups in total. The van der Waals surface area contributed by atoms with Crippen molar-refractivity contribution in [3.8, 4) is 11.3 Å². The van der Waals surface area contributed by atoms with Crippen LogP contribution in [0.5, 0.6) is 0 Å². The number of amides is 1. The Labute approximate surface area is 170 Å². The minimum atomic E-state index is -0.983. The molecule has 0 radical (unpaired) electrons. The van der Waals surface area contributed by atoms with Crippen LogP contribution >= 0.6 is 11.6 Å². The zero-order valence-corrected chi connectivity index (χ0v) is 16.9. The second-order valence-electron chi connectivity index (χ2n) is 7.41. The predicted octanol–water partition coefficient (Wildman–Crippen LogP) is 4.94. The van der Waals surface area contributed by atoms with Crippen molar-refractivity contribution in [3.05, 3.63) is 58.7 Å². The molecule has 29 heavy (non-hydrogen) atoms. The van der Waals surface area contributed by atoms with Gasteiger partial charge in [-0.25, -0.2) is 22.9 Å². The van der Waals surface area contributed by atoms with Crippen LogP contribution in [0.2, 0.25) is 5.02 Å². The summed E-state index contributed by atoms with van der Waals surface area (Å²) in [6.45, 7) is 5.33. The van der Waals surface area contributed by atoms with Gasteiger partial charge in [0.15, 0.2) is 5.82 Å². The third-order valence-electron chi connectivity index (χ3n) is 4.46. The number of pyridine rings is 1. The van der Waals surface area contributed by atoms with Gasteiger partial charge in [-0.15, -0.1) is 0 Å². The molecule has 2 heterocycles. The zero-order chi connectivity index (χ0) is 21.5. The fraction of sp³-hybridized carbons (Fsp3) is 0.250. The third kappa shape index (κ3) is 4.07. The van der Waals surface area contributed by atoms with Crippen molar-refractivity contribution in [2.24, 2.45) is 0 Å². The molecule has 1 aromatic carbocycles. The van der Waals surface area contributed by atoms with E-state index in [2.05, 4.69) is 5.10 Å². The van der Waals surface area contributed by atoms with Gasteiger partial charge in [0.2, 0.25) is 0 Å². The molecular weight excluding hydrogens is 404 g/mol. The van der Waals surface area contributed by atoms with E-state index in [-0.39, 0.29) is 21.8 Å². The Bertz CT molecular complexity index is 1100. The fourth-order valence-corrected chi connectivity index (χ4v) is 2.68. The number of benzene rings is 1. The van der Waals surface area contributed by atoms with Crippen LogP contribution in [0.4, 0.5) is 13.6 Å². The molecule has 3 aromatic rings. The number of carbonyl (C=O) groups excluding carboxylic acids is 2. The average molecular weight is 422 g/mol. The number of hydrogen-bond donors (Lipinski definition) is 0. The zero-order valence-electron chi connectivity index (χ0n) is 16.2. The Morgan fingerprint density at radius 1 is 1.17 bits per heavy atom. The highest BCUT2D eigenvalue weighted by Crippen LogP contribution is 2.30. The fourth-order valence-electron chi connectivity index (χ4n) is 2.53. The minimum Gasteiger partial charge on any atom is -0.372 e. The topological polar surface area (TPSA) is 63.9 Å². The highest BCUT2D eigenvalue weighted by Gasteiger charge is 2.29. The van der Waals surface area contributed by atoms with Crippen LogP contribution in [0.25, 0.3) is 16.8 Å². The van der Waals surface area contributed by atoms with Gasteiger partial charge >= 0.3 is 12.1 Å². The van der Waals surface area contributed by atoms with E-state index >= 15 is 0 Å². The van der Waals surface area contributed by atoms with Gasteiger partial charge in [-0.1, -0.05) is 11.6 Å². The molecule has 1 amide bonds. The first-order valence-corrected chi connectivity index (χ1v) is 9.00. The predicted molar refractivity (Wildman–Crippen MR) is 104 cm³/mol. The summed E-state index contributed by atoms with van der Waals surface area (Å²) >= 11 is 5.86. The van der Waals surface area contributed by atoms with Crippen LogP contribution in [0.3, 0.4) is 0 Å². The summed E-state index contributed by atoms with van der Waals surface area (Å²) in [5.74, 6) is -2.20. The molecule has 9 heteroatoms. The monoisotopic (exact) mass is 421 g/mol. The number of halogens is 3. The summed E-state index contributed by atoms with van der Waals surface area (Å²) < 4.78 is 33.3. The molecule has 0 aliphatic carbocycles. The molecule has 2 aromatic heterocycles. The Hall–Kier alpha value is -3.00. The lowest BCUT2D eigenvalue weighted by atomic mass is 10.1. The molecule has 0 unspecified atom stereocenters. The smallest absolute Gasteiger partial charge is 0.372 e. The highest BCUT2D eigenvalue weighted by atomic mass is 35.5. The lowest BCUT2D eigenvalue weighted by Crippen LogP contribution is -2.43. The normalized spacial score (nSPS) is 11.6. The van der Waals surface area contributed by atoms with Crippen LogP contribution in [0.1, 0.15) is 31.1 Å². The van der Waals surface area contributed by atoms with Crippen molar-refractivity contribution in [2.45, 2.75) is 26.3 Å². The summed E-state index contributed by atoms with van der Waals surface area (Å²) in [6.07, 6.45) is 0.144. The van der Waals surface area contributed by atoms with Gasteiger partial charge in [-0.05, 0) is 51.1 Å². The summed E-state index contributed by atoms with van der Waals surface area (Å²) in [5, 5.41) is 3.98. The van der Waals surface area contributed by atoms with Crippen LogP contribution in [0, 0.1) is 11.6 Å². The van der Waals surface area contributed by atoms with Gasteiger partial charge in [0.05, 0.1) is 16.7 Å². The number of rotatable bonds is 2. The molecule has 0 aliphatic rings. The van der Waals surface area contributed by atoms with Crippen molar-refractivity contribution in [2.75, 3.05) is 7.05 Å². The van der Waals surface area contributed by atoms with Crippen LogP contribution < -0.4 is 0 Å². The molecule has 152 valence electrons. The van der Waals surface area contributed by atoms with E-state index in [0.29, 0.717) is 5.56 Å². The maximum absolute atomic E-state index is 13.9. The van der Waals surface area contributed by atoms with E-state index in [1.807, 2.05) is 0 Å². The number of fused-ring (bicyclic) bond motifs is 1. The van der Waals surface area contributed by atoms with Gasteiger partial charge < -0.3 is 9.64 Å². The Morgan fingerprint density at radius 2 is 1.79 bits per heavy atom. The van der Waals surface area contributed by atoms with Crippen LogP contribution in [-0.2, 0) is 4.74 Å². The quantitative estimate of drug-likeness (QED) is 0.434. The molecule has 0 atom stereocenters. The van der Waals surface area contributed by atoms with Crippen molar-refractivity contribution < 1.29 is 23.1 Å². The largest absolute Gasteiger partial charge is 0.417 e. The molecule has 6 nitrogen and oxygen atoms in total. The first-order valence-electron chi connectivity index (χ1n) is 8.62. The lowest BCUT2D eigenvalue weighted by Gasteiger charge is -2.30. The molecule has 0 saturated carbocycles. The summed E-state index contributed by atoms with van der Waals surface area (Å²) in [5.41, 5.74) is -0.0378. The van der Waals surface area contributed by atoms with Gasteiger partial charge in [-0.3, -0.25) is 0 Å². The number of ether oxygens (including phenoxy) is 1. The standard InChI is InChI=1S/C20H18ClF2N3O3/c1-20(2,3)25(4)19(28)29-18(27)16-15-9-13(21)14(23)10-26(15)24-17(16)11-5-7-12(22)8-6-11/h5-10H,1-4H3. The Balaban J connectivity index is 2.12. The van der Waals surface area contributed by atoms with Gasteiger partial charge in [0.25, 0.3) is 0 Å². The van der Waals surface area contributed by atoms with E-state index in [9.17, 15) is 18.4 Å². The average Bonchev–Trinajstić information content (AvgIpc) is 2.99.